The quantitative estimate of drug-likeness (QED) is 0.890. The fourth-order valence-corrected chi connectivity index (χ4v) is 2.98. The van der Waals surface area contributed by atoms with Crippen LogP contribution in [0.5, 0.6) is 5.75 Å². The number of rotatable bonds is 5. The molecule has 1 aromatic heterocycles. The van der Waals surface area contributed by atoms with Crippen molar-refractivity contribution in [3.63, 3.8) is 0 Å². The highest BCUT2D eigenvalue weighted by molar-refractivity contribution is 9.10. The highest BCUT2D eigenvalue weighted by Crippen LogP contribution is 2.30. The molecular formula is C14H16BrNO2S. The predicted molar refractivity (Wildman–Crippen MR) is 80.6 cm³/mol. The van der Waals surface area contributed by atoms with Gasteiger partial charge in [0, 0.05) is 16.9 Å². The zero-order chi connectivity index (χ0) is 13.8. The molecule has 102 valence electrons. The zero-order valence-corrected chi connectivity index (χ0v) is 13.3. The number of ether oxygens (including phenoxy) is 1. The Hall–Kier alpha value is -0.910. The van der Waals surface area contributed by atoms with Crippen molar-refractivity contribution in [2.45, 2.75) is 33.0 Å². The number of hydrogen-bond donors (Lipinski definition) is 1. The van der Waals surface area contributed by atoms with Crippen LogP contribution >= 0.6 is 27.3 Å². The van der Waals surface area contributed by atoms with E-state index in [1.54, 1.807) is 11.3 Å². The third kappa shape index (κ3) is 3.55. The van der Waals surface area contributed by atoms with Crippen LogP contribution in [0.1, 0.15) is 36.0 Å². The molecule has 0 aliphatic heterocycles. The van der Waals surface area contributed by atoms with E-state index < -0.39 is 0 Å². The minimum atomic E-state index is -0.0386. The first-order chi connectivity index (χ1) is 9.11. The molecule has 3 nitrogen and oxygen atoms in total. The van der Waals surface area contributed by atoms with E-state index in [1.807, 2.05) is 23.6 Å². The first-order valence-electron chi connectivity index (χ1n) is 6.07. The molecule has 0 bridgehead atoms. The normalized spacial score (nSPS) is 11.0. The van der Waals surface area contributed by atoms with E-state index in [0.29, 0.717) is 18.3 Å². The molecule has 0 atom stereocenters. The summed E-state index contributed by atoms with van der Waals surface area (Å²) < 4.78 is 6.62. The van der Waals surface area contributed by atoms with Gasteiger partial charge in [-0.2, -0.15) is 0 Å². The van der Waals surface area contributed by atoms with Crippen LogP contribution < -0.4 is 4.74 Å². The number of thiazole rings is 1. The van der Waals surface area contributed by atoms with Gasteiger partial charge in [0.1, 0.15) is 12.4 Å². The third-order valence-electron chi connectivity index (χ3n) is 2.65. The van der Waals surface area contributed by atoms with Crippen molar-refractivity contribution in [3.05, 3.63) is 44.3 Å². The van der Waals surface area contributed by atoms with Crippen LogP contribution in [0.2, 0.25) is 0 Å². The summed E-state index contributed by atoms with van der Waals surface area (Å²) in [6, 6.07) is 5.62. The molecule has 2 rings (SSSR count). The van der Waals surface area contributed by atoms with Crippen molar-refractivity contribution in [1.29, 1.82) is 0 Å². The second-order valence-corrected chi connectivity index (χ2v) is 6.25. The molecule has 0 radical (unpaired) electrons. The van der Waals surface area contributed by atoms with Crippen LogP contribution in [0.15, 0.2) is 28.1 Å². The maximum Gasteiger partial charge on any atom is 0.139 e. The predicted octanol–water partition coefficient (Wildman–Crippen LogP) is 4.10. The van der Waals surface area contributed by atoms with E-state index in [2.05, 4.69) is 34.8 Å². The van der Waals surface area contributed by atoms with Crippen molar-refractivity contribution < 1.29 is 9.84 Å². The second kappa shape index (κ2) is 6.50. The molecule has 0 fully saturated rings. The van der Waals surface area contributed by atoms with Crippen molar-refractivity contribution >= 4 is 27.3 Å². The van der Waals surface area contributed by atoms with Gasteiger partial charge < -0.3 is 9.84 Å². The molecule has 1 aromatic carbocycles. The Morgan fingerprint density at radius 1 is 1.42 bits per heavy atom. The summed E-state index contributed by atoms with van der Waals surface area (Å²) in [6.07, 6.45) is 0. The molecule has 5 heteroatoms. The number of aliphatic hydroxyl groups is 1. The number of nitrogens with zero attached hydrogens (tertiary/aromatic N) is 1. The maximum atomic E-state index is 9.30. The van der Waals surface area contributed by atoms with Gasteiger partial charge in [0.15, 0.2) is 0 Å². The van der Waals surface area contributed by atoms with Crippen LogP contribution in [0.3, 0.4) is 0 Å². The van der Waals surface area contributed by atoms with E-state index in [-0.39, 0.29) is 6.61 Å². The largest absolute Gasteiger partial charge is 0.486 e. The average molecular weight is 342 g/mol. The number of hydrogen-bond acceptors (Lipinski definition) is 4. The fraction of sp³-hybridized carbons (Fsp3) is 0.357. The van der Waals surface area contributed by atoms with Crippen LogP contribution in [-0.4, -0.2) is 10.1 Å². The van der Waals surface area contributed by atoms with Crippen LogP contribution in [0, 0.1) is 0 Å². The van der Waals surface area contributed by atoms with Gasteiger partial charge in [0.2, 0.25) is 0 Å². The van der Waals surface area contributed by atoms with E-state index in [4.69, 9.17) is 4.74 Å². The Morgan fingerprint density at radius 3 is 2.84 bits per heavy atom. The molecule has 1 N–H and O–H groups in total. The van der Waals surface area contributed by atoms with Gasteiger partial charge in [0.05, 0.1) is 21.8 Å². The van der Waals surface area contributed by atoms with E-state index in [9.17, 15) is 5.11 Å². The van der Waals surface area contributed by atoms with Gasteiger partial charge in [-0.25, -0.2) is 4.98 Å². The van der Waals surface area contributed by atoms with Gasteiger partial charge in [-0.1, -0.05) is 26.0 Å². The molecule has 0 aliphatic rings. The zero-order valence-electron chi connectivity index (χ0n) is 10.9. The lowest BCUT2D eigenvalue weighted by Gasteiger charge is -2.10. The van der Waals surface area contributed by atoms with Gasteiger partial charge in [0.25, 0.3) is 0 Å². The third-order valence-corrected chi connectivity index (χ3v) is 4.47. The fourth-order valence-electron chi connectivity index (χ4n) is 1.64. The smallest absolute Gasteiger partial charge is 0.139 e. The molecule has 1 heterocycles. The average Bonchev–Trinajstić information content (AvgIpc) is 2.86. The Kier molecular flexibility index (Phi) is 4.96. The van der Waals surface area contributed by atoms with Crippen molar-refractivity contribution in [2.75, 3.05) is 0 Å². The van der Waals surface area contributed by atoms with E-state index in [1.165, 1.54) is 0 Å². The summed E-state index contributed by atoms with van der Waals surface area (Å²) >= 11 is 5.09. The minimum Gasteiger partial charge on any atom is -0.486 e. The standard InChI is InChI=1S/C14H16BrNO2S/c1-9(2)14-16-11(8-19-14)7-18-13-10(6-17)4-3-5-12(13)15/h3-5,8-9,17H,6-7H2,1-2H3. The molecule has 0 saturated heterocycles. The number of halogens is 1. The summed E-state index contributed by atoms with van der Waals surface area (Å²) in [5.41, 5.74) is 1.70. The number of aliphatic hydroxyl groups excluding tert-OH is 1. The summed E-state index contributed by atoms with van der Waals surface area (Å²) in [5, 5.41) is 12.4. The van der Waals surface area contributed by atoms with Crippen LogP contribution in [-0.2, 0) is 13.2 Å². The molecule has 0 aliphatic carbocycles. The van der Waals surface area contributed by atoms with E-state index >= 15 is 0 Å². The Balaban J connectivity index is 2.09. The molecule has 0 spiro atoms. The molecule has 2 aromatic rings. The van der Waals surface area contributed by atoms with Crippen LogP contribution in [0.25, 0.3) is 0 Å². The SMILES string of the molecule is CC(C)c1nc(COc2c(Br)cccc2CO)cs1. The summed E-state index contributed by atoms with van der Waals surface area (Å²) in [7, 11) is 0. The Morgan fingerprint density at radius 2 is 2.21 bits per heavy atom. The topological polar surface area (TPSA) is 42.4 Å². The highest BCUT2D eigenvalue weighted by Gasteiger charge is 2.10. The molecule has 0 amide bonds. The molecule has 19 heavy (non-hydrogen) atoms. The first kappa shape index (κ1) is 14.5. The monoisotopic (exact) mass is 341 g/mol. The lowest BCUT2D eigenvalue weighted by molar-refractivity contribution is 0.256. The number of benzene rings is 1. The maximum absolute atomic E-state index is 9.30. The molecular weight excluding hydrogens is 326 g/mol. The number of para-hydroxylation sites is 1. The van der Waals surface area contributed by atoms with Gasteiger partial charge in [-0.05, 0) is 22.0 Å². The Bertz CT molecular complexity index is 554. The summed E-state index contributed by atoms with van der Waals surface area (Å²) in [4.78, 5) is 4.53. The van der Waals surface area contributed by atoms with Gasteiger partial charge >= 0.3 is 0 Å². The second-order valence-electron chi connectivity index (χ2n) is 4.51. The van der Waals surface area contributed by atoms with Crippen molar-refractivity contribution in [2.24, 2.45) is 0 Å². The lowest BCUT2D eigenvalue weighted by atomic mass is 10.2. The first-order valence-corrected chi connectivity index (χ1v) is 7.74. The van der Waals surface area contributed by atoms with Gasteiger partial charge in [-0.3, -0.25) is 0 Å². The molecule has 0 unspecified atom stereocenters. The minimum absolute atomic E-state index is 0.0386. The Labute approximate surface area is 125 Å². The van der Waals surface area contributed by atoms with Gasteiger partial charge in [-0.15, -0.1) is 11.3 Å². The number of aromatic nitrogens is 1. The highest BCUT2D eigenvalue weighted by atomic mass is 79.9. The molecule has 0 saturated carbocycles. The van der Waals surface area contributed by atoms with Crippen molar-refractivity contribution in [3.8, 4) is 5.75 Å². The van der Waals surface area contributed by atoms with Crippen molar-refractivity contribution in [1.82, 2.24) is 4.98 Å². The lowest BCUT2D eigenvalue weighted by Crippen LogP contribution is -2.00. The van der Waals surface area contributed by atoms with E-state index in [0.717, 1.165) is 20.7 Å². The summed E-state index contributed by atoms with van der Waals surface area (Å²) in [5.74, 6) is 1.12. The summed E-state index contributed by atoms with van der Waals surface area (Å²) in [6.45, 7) is 4.63. The van der Waals surface area contributed by atoms with Crippen LogP contribution in [0.4, 0.5) is 0 Å².